The molecule has 0 bridgehead atoms. The van der Waals surface area contributed by atoms with E-state index in [0.717, 1.165) is 36.0 Å². The Balaban J connectivity index is 2.26. The van der Waals surface area contributed by atoms with Gasteiger partial charge >= 0.3 is 0 Å². The average molecular weight is 277 g/mol. The maximum Gasteiger partial charge on any atom is 0.150 e. The molecule has 0 radical (unpaired) electrons. The highest BCUT2D eigenvalue weighted by molar-refractivity contribution is 9.10. The van der Waals surface area contributed by atoms with Crippen LogP contribution in [0.1, 0.15) is 36.9 Å². The van der Waals surface area contributed by atoms with E-state index in [1.54, 1.807) is 4.68 Å². The van der Waals surface area contributed by atoms with Crippen LogP contribution in [-0.2, 0) is 11.4 Å². The summed E-state index contributed by atoms with van der Waals surface area (Å²) in [5, 5.41) is 4.22. The summed E-state index contributed by atoms with van der Waals surface area (Å²) in [5.74, 6) is 0. The molecule has 1 aliphatic rings. The van der Waals surface area contributed by atoms with E-state index in [-0.39, 0.29) is 6.23 Å². The molecule has 1 atom stereocenters. The molecule has 0 aromatic carbocycles. The van der Waals surface area contributed by atoms with E-state index >= 15 is 0 Å². The third-order valence-electron chi connectivity index (χ3n) is 2.70. The van der Waals surface area contributed by atoms with Crippen LogP contribution >= 0.6 is 15.9 Å². The van der Waals surface area contributed by atoms with Crippen molar-refractivity contribution in [2.45, 2.75) is 39.1 Å². The lowest BCUT2D eigenvalue weighted by Crippen LogP contribution is -2.20. The van der Waals surface area contributed by atoms with E-state index in [2.05, 4.69) is 21.0 Å². The number of hydrogen-bond donors (Lipinski definition) is 0. The van der Waals surface area contributed by atoms with E-state index < -0.39 is 6.67 Å². The minimum absolute atomic E-state index is 0.0182. The first-order valence-corrected chi connectivity index (χ1v) is 5.94. The fourth-order valence-electron chi connectivity index (χ4n) is 1.84. The van der Waals surface area contributed by atoms with Crippen LogP contribution in [0.15, 0.2) is 4.47 Å². The lowest BCUT2D eigenvalue weighted by molar-refractivity contribution is -0.0409. The Morgan fingerprint density at radius 3 is 2.93 bits per heavy atom. The monoisotopic (exact) mass is 276 g/mol. The lowest BCUT2D eigenvalue weighted by Gasteiger charge is -2.23. The Morgan fingerprint density at radius 2 is 2.40 bits per heavy atom. The largest absolute Gasteiger partial charge is 0.357 e. The SMILES string of the molecule is Cc1c(Br)c(CF)nn1C1CCCCO1. The van der Waals surface area contributed by atoms with Gasteiger partial charge in [0.15, 0.2) is 0 Å². The van der Waals surface area contributed by atoms with Gasteiger partial charge in [0, 0.05) is 6.61 Å². The summed E-state index contributed by atoms with van der Waals surface area (Å²) in [6, 6.07) is 0. The molecule has 1 aliphatic heterocycles. The smallest absolute Gasteiger partial charge is 0.150 e. The first kappa shape index (κ1) is 11.1. The Kier molecular flexibility index (Phi) is 3.41. The van der Waals surface area contributed by atoms with Crippen molar-refractivity contribution in [3.05, 3.63) is 15.9 Å². The van der Waals surface area contributed by atoms with Crippen molar-refractivity contribution in [3.63, 3.8) is 0 Å². The maximum atomic E-state index is 12.6. The predicted molar refractivity (Wildman–Crippen MR) is 58.3 cm³/mol. The van der Waals surface area contributed by atoms with Crippen LogP contribution in [-0.4, -0.2) is 16.4 Å². The van der Waals surface area contributed by atoms with Crippen molar-refractivity contribution in [2.75, 3.05) is 6.61 Å². The molecule has 1 aromatic heterocycles. The van der Waals surface area contributed by atoms with Gasteiger partial charge in [-0.15, -0.1) is 0 Å². The Morgan fingerprint density at radius 1 is 1.60 bits per heavy atom. The van der Waals surface area contributed by atoms with Gasteiger partial charge < -0.3 is 4.74 Å². The summed E-state index contributed by atoms with van der Waals surface area (Å²) in [4.78, 5) is 0. The number of rotatable bonds is 2. The van der Waals surface area contributed by atoms with Crippen LogP contribution in [0.25, 0.3) is 0 Å². The van der Waals surface area contributed by atoms with Crippen molar-refractivity contribution in [3.8, 4) is 0 Å². The maximum absolute atomic E-state index is 12.6. The van der Waals surface area contributed by atoms with Gasteiger partial charge in [-0.2, -0.15) is 5.10 Å². The average Bonchev–Trinajstić information content (AvgIpc) is 2.57. The van der Waals surface area contributed by atoms with E-state index in [4.69, 9.17) is 4.74 Å². The lowest BCUT2D eigenvalue weighted by atomic mass is 10.2. The molecule has 2 rings (SSSR count). The van der Waals surface area contributed by atoms with Gasteiger partial charge in [0.05, 0.1) is 10.2 Å². The molecule has 3 nitrogen and oxygen atoms in total. The fourth-order valence-corrected chi connectivity index (χ4v) is 2.21. The van der Waals surface area contributed by atoms with Gasteiger partial charge in [-0.1, -0.05) is 0 Å². The highest BCUT2D eigenvalue weighted by Crippen LogP contribution is 2.28. The molecule has 2 heterocycles. The minimum atomic E-state index is -0.541. The van der Waals surface area contributed by atoms with Gasteiger partial charge in [-0.25, -0.2) is 9.07 Å². The fraction of sp³-hybridized carbons (Fsp3) is 0.700. The normalized spacial score (nSPS) is 21.9. The second-order valence-corrected chi connectivity index (χ2v) is 4.54. The van der Waals surface area contributed by atoms with Gasteiger partial charge in [-0.3, -0.25) is 0 Å². The number of hydrogen-bond acceptors (Lipinski definition) is 2. The summed E-state index contributed by atoms with van der Waals surface area (Å²) in [5.41, 5.74) is 1.40. The second kappa shape index (κ2) is 4.61. The molecule has 15 heavy (non-hydrogen) atoms. The summed E-state index contributed by atoms with van der Waals surface area (Å²) >= 11 is 3.35. The Labute approximate surface area is 96.7 Å². The highest BCUT2D eigenvalue weighted by Gasteiger charge is 2.21. The molecule has 1 fully saturated rings. The molecule has 1 aromatic rings. The number of ether oxygens (including phenoxy) is 1. The molecule has 0 aliphatic carbocycles. The minimum Gasteiger partial charge on any atom is -0.357 e. The zero-order valence-electron chi connectivity index (χ0n) is 8.67. The van der Waals surface area contributed by atoms with Crippen LogP contribution in [0.5, 0.6) is 0 Å². The van der Waals surface area contributed by atoms with Gasteiger partial charge in [0.2, 0.25) is 0 Å². The van der Waals surface area contributed by atoms with Crippen LogP contribution in [0.3, 0.4) is 0 Å². The second-order valence-electron chi connectivity index (χ2n) is 3.75. The summed E-state index contributed by atoms with van der Waals surface area (Å²) in [7, 11) is 0. The zero-order chi connectivity index (χ0) is 10.8. The van der Waals surface area contributed by atoms with Gasteiger partial charge in [0.1, 0.15) is 18.6 Å². The van der Waals surface area contributed by atoms with Crippen molar-refractivity contribution in [1.29, 1.82) is 0 Å². The molecular weight excluding hydrogens is 263 g/mol. The van der Waals surface area contributed by atoms with Gasteiger partial charge in [-0.05, 0) is 42.1 Å². The number of alkyl halides is 1. The number of aromatic nitrogens is 2. The van der Waals surface area contributed by atoms with E-state index in [0.29, 0.717) is 5.69 Å². The van der Waals surface area contributed by atoms with Crippen LogP contribution in [0.2, 0.25) is 0 Å². The molecule has 0 N–H and O–H groups in total. The van der Waals surface area contributed by atoms with Crippen LogP contribution < -0.4 is 0 Å². The third kappa shape index (κ3) is 2.08. The molecule has 0 saturated carbocycles. The quantitative estimate of drug-likeness (QED) is 0.830. The van der Waals surface area contributed by atoms with E-state index in [1.807, 2.05) is 6.92 Å². The summed E-state index contributed by atoms with van der Waals surface area (Å²) in [6.07, 6.45) is 3.19. The topological polar surface area (TPSA) is 27.1 Å². The zero-order valence-corrected chi connectivity index (χ0v) is 10.3. The van der Waals surface area contributed by atoms with Crippen molar-refractivity contribution in [2.24, 2.45) is 0 Å². The third-order valence-corrected chi connectivity index (χ3v) is 3.73. The van der Waals surface area contributed by atoms with E-state index in [9.17, 15) is 4.39 Å². The summed E-state index contributed by atoms with van der Waals surface area (Å²) < 4.78 is 20.8. The number of halogens is 2. The molecular formula is C10H14BrFN2O. The molecule has 0 amide bonds. The number of nitrogens with zero attached hydrogens (tertiary/aromatic N) is 2. The van der Waals surface area contributed by atoms with Crippen LogP contribution in [0, 0.1) is 6.92 Å². The van der Waals surface area contributed by atoms with Crippen molar-refractivity contribution < 1.29 is 9.13 Å². The first-order valence-electron chi connectivity index (χ1n) is 5.15. The molecule has 84 valence electrons. The first-order chi connectivity index (χ1) is 7.24. The van der Waals surface area contributed by atoms with Crippen molar-refractivity contribution in [1.82, 2.24) is 9.78 Å². The predicted octanol–water partition coefficient (Wildman–Crippen LogP) is 3.12. The molecule has 0 spiro atoms. The highest BCUT2D eigenvalue weighted by atomic mass is 79.9. The molecule has 1 unspecified atom stereocenters. The summed E-state index contributed by atoms with van der Waals surface area (Å²) in [6.45, 7) is 2.15. The van der Waals surface area contributed by atoms with Crippen molar-refractivity contribution >= 4 is 15.9 Å². The standard InChI is InChI=1S/C10H14BrFN2O/c1-7-10(11)8(6-12)13-14(7)9-4-2-3-5-15-9/h9H,2-6H2,1H3. The van der Waals surface area contributed by atoms with Crippen LogP contribution in [0.4, 0.5) is 4.39 Å². The van der Waals surface area contributed by atoms with Gasteiger partial charge in [0.25, 0.3) is 0 Å². The molecule has 1 saturated heterocycles. The Bertz CT molecular complexity index is 347. The molecule has 5 heteroatoms. The van der Waals surface area contributed by atoms with E-state index in [1.165, 1.54) is 0 Å². The Hall–Kier alpha value is -0.420.